The quantitative estimate of drug-likeness (QED) is 0.396. The number of ketones is 2. The van der Waals surface area contributed by atoms with Crippen molar-refractivity contribution < 1.29 is 50.5 Å². The Balaban J connectivity index is -0.000000257. The van der Waals surface area contributed by atoms with Crippen LogP contribution in [0.3, 0.4) is 0 Å². The third-order valence-corrected chi connectivity index (χ3v) is 2.66. The zero-order valence-corrected chi connectivity index (χ0v) is 15.6. The number of hydrogen-bond donors (Lipinski definition) is 2. The molecule has 9 heteroatoms. The average Bonchev–Trinajstić information content (AvgIpc) is 2.31. The number of carbonyl (C=O) groups is 4. The molecule has 1 fully saturated rings. The van der Waals surface area contributed by atoms with Crippen molar-refractivity contribution in [1.29, 1.82) is 0 Å². The molecule has 0 saturated heterocycles. The molecule has 136 valence electrons. The summed E-state index contributed by atoms with van der Waals surface area (Å²) in [6, 6.07) is 0.562. The molecule has 0 heterocycles. The van der Waals surface area contributed by atoms with Crippen LogP contribution in [0.4, 0.5) is 0 Å². The molecule has 0 unspecified atom stereocenters. The standard InChI is InChI=1S/C6H14N2.2C4H6O3.Pt/c7-5-3-1-2-4-6(5)8;2*1-3(5)2-4(6)7;/h5-6H,1-4,7-8H2;2*2H2,1H3,(H,6,7);/q;;;+2/p-2/t5-,6-;;;/m1.../s1. The van der Waals surface area contributed by atoms with E-state index in [2.05, 4.69) is 0 Å². The van der Waals surface area contributed by atoms with Gasteiger partial charge in [0.05, 0.1) is 0 Å². The first-order valence-corrected chi connectivity index (χ1v) is 6.96. The van der Waals surface area contributed by atoms with E-state index in [9.17, 15) is 29.4 Å². The summed E-state index contributed by atoms with van der Waals surface area (Å²) in [5.41, 5.74) is 11.3. The molecule has 1 saturated carbocycles. The summed E-state index contributed by atoms with van der Waals surface area (Å²) in [6.07, 6.45) is 3.85. The van der Waals surface area contributed by atoms with E-state index in [1.165, 1.54) is 26.7 Å². The number of hydrogen-bond acceptors (Lipinski definition) is 8. The van der Waals surface area contributed by atoms with Gasteiger partial charge in [-0.2, -0.15) is 0 Å². The van der Waals surface area contributed by atoms with E-state index in [1.54, 1.807) is 0 Å². The summed E-state index contributed by atoms with van der Waals surface area (Å²) in [5.74, 6) is -3.37. The van der Waals surface area contributed by atoms with Crippen LogP contribution in [0.15, 0.2) is 0 Å². The van der Waals surface area contributed by atoms with Gasteiger partial charge in [0.15, 0.2) is 0 Å². The van der Waals surface area contributed by atoms with E-state index in [1.807, 2.05) is 0 Å². The molecule has 0 aromatic rings. The molecule has 8 nitrogen and oxygen atoms in total. The molecule has 0 radical (unpaired) electrons. The van der Waals surface area contributed by atoms with Crippen LogP contribution < -0.4 is 21.7 Å². The molecule has 1 rings (SSSR count). The van der Waals surface area contributed by atoms with Gasteiger partial charge in [-0.15, -0.1) is 0 Å². The normalized spacial score (nSPS) is 18.8. The molecule has 0 spiro atoms. The first-order chi connectivity index (χ1) is 10.1. The maximum Gasteiger partial charge on any atom is 2.00 e. The van der Waals surface area contributed by atoms with Crippen molar-refractivity contribution in [2.45, 2.75) is 64.5 Å². The third kappa shape index (κ3) is 23.3. The minimum atomic E-state index is -1.31. The number of aliphatic carboxylic acids is 2. The van der Waals surface area contributed by atoms with Crippen molar-refractivity contribution in [2.24, 2.45) is 11.5 Å². The number of carboxylic acids is 2. The van der Waals surface area contributed by atoms with E-state index in [0.717, 1.165) is 12.8 Å². The first-order valence-electron chi connectivity index (χ1n) is 6.96. The van der Waals surface area contributed by atoms with Crippen LogP contribution in [0.5, 0.6) is 0 Å². The monoisotopic (exact) mass is 511 g/mol. The van der Waals surface area contributed by atoms with Gasteiger partial charge in [0, 0.05) is 36.9 Å². The van der Waals surface area contributed by atoms with E-state index >= 15 is 0 Å². The maximum atomic E-state index is 9.83. The van der Waals surface area contributed by atoms with E-state index in [0.29, 0.717) is 0 Å². The van der Waals surface area contributed by atoms with Crippen molar-refractivity contribution in [3.8, 4) is 0 Å². The van der Waals surface area contributed by atoms with Gasteiger partial charge in [0.25, 0.3) is 0 Å². The van der Waals surface area contributed by atoms with Gasteiger partial charge >= 0.3 is 21.1 Å². The molecule has 23 heavy (non-hydrogen) atoms. The van der Waals surface area contributed by atoms with Crippen LogP contribution in [-0.2, 0) is 40.2 Å². The number of rotatable bonds is 4. The maximum absolute atomic E-state index is 9.83. The van der Waals surface area contributed by atoms with Crippen molar-refractivity contribution in [1.82, 2.24) is 0 Å². The Bertz CT molecular complexity index is 329. The molecule has 2 atom stereocenters. The summed E-state index contributed by atoms with van der Waals surface area (Å²) in [6.45, 7) is 2.41. The second kappa shape index (κ2) is 15.8. The van der Waals surface area contributed by atoms with Gasteiger partial charge < -0.3 is 31.3 Å². The van der Waals surface area contributed by atoms with Gasteiger partial charge in [0.2, 0.25) is 0 Å². The molecule has 1 aliphatic rings. The Morgan fingerprint density at radius 3 is 1.17 bits per heavy atom. The molecular weight excluding hydrogens is 487 g/mol. The number of carboxylic acid groups (broad SMARTS) is 2. The average molecular weight is 511 g/mol. The zero-order valence-electron chi connectivity index (χ0n) is 13.3. The summed E-state index contributed by atoms with van der Waals surface area (Å²) in [5, 5.41) is 19.0. The molecule has 0 aromatic carbocycles. The van der Waals surface area contributed by atoms with E-state index in [4.69, 9.17) is 11.5 Å². The molecule has 4 N–H and O–H groups in total. The zero-order chi connectivity index (χ0) is 17.7. The van der Waals surface area contributed by atoms with Crippen molar-refractivity contribution in [3.05, 3.63) is 0 Å². The third-order valence-electron chi connectivity index (χ3n) is 2.66. The van der Waals surface area contributed by atoms with Crippen molar-refractivity contribution >= 4 is 23.5 Å². The van der Waals surface area contributed by atoms with Crippen LogP contribution in [0.1, 0.15) is 52.4 Å². The summed E-state index contributed by atoms with van der Waals surface area (Å²) in [4.78, 5) is 38.6. The Morgan fingerprint density at radius 1 is 0.826 bits per heavy atom. The number of Topliss-reactive ketones (excluding diaryl/α,β-unsaturated/α-hetero) is 2. The molecule has 0 amide bonds. The minimum Gasteiger partial charge on any atom is -0.550 e. The predicted octanol–water partition coefficient (Wildman–Crippen LogP) is -2.36. The smallest absolute Gasteiger partial charge is 0.550 e. The van der Waals surface area contributed by atoms with Crippen LogP contribution in [0.25, 0.3) is 0 Å². The Kier molecular flexibility index (Phi) is 18.4. The molecule has 0 bridgehead atoms. The van der Waals surface area contributed by atoms with Gasteiger partial charge in [-0.05, 0) is 26.7 Å². The fourth-order valence-corrected chi connectivity index (χ4v) is 1.59. The van der Waals surface area contributed by atoms with E-state index < -0.39 is 24.8 Å². The fraction of sp³-hybridized carbons (Fsp3) is 0.714. The van der Waals surface area contributed by atoms with Crippen LogP contribution in [0, 0.1) is 0 Å². The van der Waals surface area contributed by atoms with E-state index in [-0.39, 0.29) is 44.7 Å². The predicted molar refractivity (Wildman–Crippen MR) is 75.0 cm³/mol. The summed E-state index contributed by atoms with van der Waals surface area (Å²) < 4.78 is 0. The number of carbonyl (C=O) groups excluding carboxylic acids is 4. The van der Waals surface area contributed by atoms with Gasteiger partial charge in [-0.3, -0.25) is 9.59 Å². The topological polar surface area (TPSA) is 166 Å². The molecular formula is C14H24N2O6Pt. The fourth-order valence-electron chi connectivity index (χ4n) is 1.59. The number of nitrogens with two attached hydrogens (primary N) is 2. The first kappa shape index (κ1) is 26.8. The summed E-state index contributed by atoms with van der Waals surface area (Å²) >= 11 is 0. The van der Waals surface area contributed by atoms with Gasteiger partial charge in [-0.25, -0.2) is 0 Å². The van der Waals surface area contributed by atoms with Crippen LogP contribution >= 0.6 is 0 Å². The second-order valence-electron chi connectivity index (χ2n) is 5.11. The van der Waals surface area contributed by atoms with Crippen LogP contribution in [-0.4, -0.2) is 35.6 Å². The Labute approximate surface area is 150 Å². The SMILES string of the molecule is CC(=O)CC(=O)[O-].CC(=O)CC(=O)[O-].N[C@@H]1CCCC[C@H]1N.[Pt+2]. The van der Waals surface area contributed by atoms with Crippen molar-refractivity contribution in [2.75, 3.05) is 0 Å². The molecule has 0 aliphatic heterocycles. The molecule has 1 aliphatic carbocycles. The summed E-state index contributed by atoms with van der Waals surface area (Å²) in [7, 11) is 0. The Morgan fingerprint density at radius 2 is 1.09 bits per heavy atom. The largest absolute Gasteiger partial charge is 2.00 e. The van der Waals surface area contributed by atoms with Crippen molar-refractivity contribution in [3.63, 3.8) is 0 Å². The second-order valence-corrected chi connectivity index (χ2v) is 5.11. The van der Waals surface area contributed by atoms with Gasteiger partial charge in [-0.1, -0.05) is 12.8 Å². The molecule has 0 aromatic heterocycles. The minimum absolute atomic E-state index is 0. The van der Waals surface area contributed by atoms with Crippen LogP contribution in [0.2, 0.25) is 0 Å². The van der Waals surface area contributed by atoms with Gasteiger partial charge in [0.1, 0.15) is 11.6 Å². The Hall–Kier alpha value is -1.11.